The molecule has 0 aliphatic carbocycles. The number of hydrogen-bond acceptors (Lipinski definition) is 2. The number of nitrogens with two attached hydrogens (primary N) is 1. The van der Waals surface area contributed by atoms with Gasteiger partial charge in [-0.2, -0.15) is 11.8 Å². The first-order valence-corrected chi connectivity index (χ1v) is 6.30. The third-order valence-corrected chi connectivity index (χ3v) is 3.52. The molecule has 1 nitrogen and oxygen atoms in total. The average molecular weight is 230 g/mol. The molecule has 1 aromatic rings. The molecule has 0 aromatic heterocycles. The van der Waals surface area contributed by atoms with Gasteiger partial charge in [0.05, 0.1) is 0 Å². The summed E-state index contributed by atoms with van der Waals surface area (Å²) in [6.07, 6.45) is 1.09. The molecule has 0 aliphatic heterocycles. The number of halogens is 1. The number of thioether (sulfide) groups is 1. The van der Waals surface area contributed by atoms with Crippen molar-refractivity contribution < 1.29 is 0 Å². The summed E-state index contributed by atoms with van der Waals surface area (Å²) in [6.45, 7) is 2.80. The van der Waals surface area contributed by atoms with Crippen LogP contribution in [-0.2, 0) is 5.75 Å². The van der Waals surface area contributed by atoms with Crippen LogP contribution in [0.15, 0.2) is 18.2 Å². The van der Waals surface area contributed by atoms with Crippen molar-refractivity contribution >= 4 is 23.4 Å². The lowest BCUT2D eigenvalue weighted by molar-refractivity contribution is 0.943. The molecule has 0 saturated heterocycles. The Kier molecular flexibility index (Phi) is 5.38. The molecule has 0 atom stereocenters. The standard InChI is InChI=1S/C11H16ClNS/c1-9-3-4-10(7-11(9)12)8-14-6-2-5-13/h3-4,7H,2,5-6,8,13H2,1H3. The van der Waals surface area contributed by atoms with Crippen LogP contribution in [0.1, 0.15) is 17.5 Å². The van der Waals surface area contributed by atoms with Crippen molar-refractivity contribution in [3.63, 3.8) is 0 Å². The third kappa shape index (κ3) is 3.91. The van der Waals surface area contributed by atoms with Crippen LogP contribution in [0.5, 0.6) is 0 Å². The van der Waals surface area contributed by atoms with E-state index in [0.717, 1.165) is 35.1 Å². The SMILES string of the molecule is Cc1ccc(CSCCCN)cc1Cl. The minimum Gasteiger partial charge on any atom is -0.330 e. The Morgan fingerprint density at radius 1 is 1.43 bits per heavy atom. The van der Waals surface area contributed by atoms with Crippen molar-refractivity contribution in [1.29, 1.82) is 0 Å². The Balaban J connectivity index is 2.39. The average Bonchev–Trinajstić information content (AvgIpc) is 2.18. The van der Waals surface area contributed by atoms with Gasteiger partial charge in [-0.15, -0.1) is 0 Å². The smallest absolute Gasteiger partial charge is 0.0438 e. The number of aryl methyl sites for hydroxylation is 1. The predicted octanol–water partition coefficient (Wildman–Crippen LogP) is 3.23. The minimum absolute atomic E-state index is 0.779. The van der Waals surface area contributed by atoms with Crippen LogP contribution in [0.4, 0.5) is 0 Å². The second-order valence-electron chi connectivity index (χ2n) is 3.28. The van der Waals surface area contributed by atoms with E-state index in [-0.39, 0.29) is 0 Å². The Bertz CT molecular complexity index is 289. The van der Waals surface area contributed by atoms with Crippen LogP contribution < -0.4 is 5.73 Å². The van der Waals surface area contributed by atoms with E-state index in [2.05, 4.69) is 12.1 Å². The van der Waals surface area contributed by atoms with E-state index in [4.69, 9.17) is 17.3 Å². The summed E-state index contributed by atoms with van der Waals surface area (Å²) in [4.78, 5) is 0. The Hall–Kier alpha value is -0.180. The molecule has 78 valence electrons. The van der Waals surface area contributed by atoms with Gasteiger partial charge < -0.3 is 5.73 Å². The van der Waals surface area contributed by atoms with Gasteiger partial charge in [-0.1, -0.05) is 23.7 Å². The molecule has 14 heavy (non-hydrogen) atoms. The van der Waals surface area contributed by atoms with E-state index < -0.39 is 0 Å². The summed E-state index contributed by atoms with van der Waals surface area (Å²) < 4.78 is 0. The highest BCUT2D eigenvalue weighted by molar-refractivity contribution is 7.98. The highest BCUT2D eigenvalue weighted by atomic mass is 35.5. The first-order chi connectivity index (χ1) is 6.74. The molecule has 0 saturated carbocycles. The second kappa shape index (κ2) is 6.33. The molecular weight excluding hydrogens is 214 g/mol. The fraction of sp³-hybridized carbons (Fsp3) is 0.455. The van der Waals surface area contributed by atoms with Crippen molar-refractivity contribution in [1.82, 2.24) is 0 Å². The first-order valence-electron chi connectivity index (χ1n) is 4.77. The zero-order valence-electron chi connectivity index (χ0n) is 8.42. The van der Waals surface area contributed by atoms with Crippen molar-refractivity contribution in [2.24, 2.45) is 5.73 Å². The van der Waals surface area contributed by atoms with Gasteiger partial charge >= 0.3 is 0 Å². The molecule has 0 spiro atoms. The van der Waals surface area contributed by atoms with E-state index in [9.17, 15) is 0 Å². The maximum Gasteiger partial charge on any atom is 0.0438 e. The van der Waals surface area contributed by atoms with Gasteiger partial charge in [0, 0.05) is 10.8 Å². The maximum absolute atomic E-state index is 6.02. The lowest BCUT2D eigenvalue weighted by atomic mass is 10.2. The summed E-state index contributed by atoms with van der Waals surface area (Å²) in [5, 5.41) is 0.863. The molecule has 0 aliphatic rings. The normalized spacial score (nSPS) is 10.5. The molecule has 0 unspecified atom stereocenters. The van der Waals surface area contributed by atoms with Gasteiger partial charge in [-0.3, -0.25) is 0 Å². The van der Waals surface area contributed by atoms with E-state index >= 15 is 0 Å². The molecular formula is C11H16ClNS. The monoisotopic (exact) mass is 229 g/mol. The number of benzene rings is 1. The van der Waals surface area contributed by atoms with Crippen molar-refractivity contribution in [3.05, 3.63) is 34.3 Å². The molecule has 1 aromatic carbocycles. The molecule has 0 radical (unpaired) electrons. The summed E-state index contributed by atoms with van der Waals surface area (Å²) in [5.41, 5.74) is 7.85. The van der Waals surface area contributed by atoms with Crippen LogP contribution in [0.3, 0.4) is 0 Å². The summed E-state index contributed by atoms with van der Waals surface area (Å²) in [6, 6.07) is 6.25. The fourth-order valence-electron chi connectivity index (χ4n) is 1.10. The van der Waals surface area contributed by atoms with Crippen LogP contribution in [0.25, 0.3) is 0 Å². The predicted molar refractivity (Wildman–Crippen MR) is 66.0 cm³/mol. The summed E-state index contributed by atoms with van der Waals surface area (Å²) >= 11 is 7.93. The molecule has 2 N–H and O–H groups in total. The molecule has 0 heterocycles. The molecule has 3 heteroatoms. The van der Waals surface area contributed by atoms with Crippen molar-refractivity contribution in [2.75, 3.05) is 12.3 Å². The lowest BCUT2D eigenvalue weighted by Crippen LogP contribution is -1.99. The van der Waals surface area contributed by atoms with Gasteiger partial charge in [0.15, 0.2) is 0 Å². The van der Waals surface area contributed by atoms with Crippen LogP contribution in [0, 0.1) is 6.92 Å². The van der Waals surface area contributed by atoms with Crippen LogP contribution in [0.2, 0.25) is 5.02 Å². The van der Waals surface area contributed by atoms with E-state index in [1.165, 1.54) is 5.56 Å². The molecule has 1 rings (SSSR count). The summed E-state index contributed by atoms with van der Waals surface area (Å²) in [7, 11) is 0. The van der Waals surface area contributed by atoms with Crippen LogP contribution in [-0.4, -0.2) is 12.3 Å². The lowest BCUT2D eigenvalue weighted by Gasteiger charge is -2.03. The van der Waals surface area contributed by atoms with Crippen molar-refractivity contribution in [2.45, 2.75) is 19.1 Å². The Labute approximate surface area is 95.0 Å². The third-order valence-electron chi connectivity index (χ3n) is 2.00. The van der Waals surface area contributed by atoms with Gasteiger partial charge in [0.1, 0.15) is 0 Å². The minimum atomic E-state index is 0.779. The quantitative estimate of drug-likeness (QED) is 0.785. The number of hydrogen-bond donors (Lipinski definition) is 1. The zero-order chi connectivity index (χ0) is 10.4. The largest absolute Gasteiger partial charge is 0.330 e. The topological polar surface area (TPSA) is 26.0 Å². The number of rotatable bonds is 5. The second-order valence-corrected chi connectivity index (χ2v) is 4.79. The van der Waals surface area contributed by atoms with E-state index in [1.54, 1.807) is 0 Å². The van der Waals surface area contributed by atoms with Crippen molar-refractivity contribution in [3.8, 4) is 0 Å². The first kappa shape index (κ1) is 11.9. The van der Waals surface area contributed by atoms with Gasteiger partial charge in [-0.25, -0.2) is 0 Å². The summed E-state index contributed by atoms with van der Waals surface area (Å²) in [5.74, 6) is 2.15. The molecule has 0 fully saturated rings. The van der Waals surface area contributed by atoms with Gasteiger partial charge in [0.2, 0.25) is 0 Å². The molecule has 0 bridgehead atoms. The van der Waals surface area contributed by atoms with Gasteiger partial charge in [-0.05, 0) is 42.8 Å². The highest BCUT2D eigenvalue weighted by Gasteiger charge is 1.97. The fourth-order valence-corrected chi connectivity index (χ4v) is 2.24. The van der Waals surface area contributed by atoms with Gasteiger partial charge in [0.25, 0.3) is 0 Å². The zero-order valence-corrected chi connectivity index (χ0v) is 10.00. The van der Waals surface area contributed by atoms with E-state index in [1.807, 2.05) is 24.8 Å². The van der Waals surface area contributed by atoms with E-state index in [0.29, 0.717) is 0 Å². The Morgan fingerprint density at radius 3 is 2.86 bits per heavy atom. The highest BCUT2D eigenvalue weighted by Crippen LogP contribution is 2.20. The molecule has 0 amide bonds. The Morgan fingerprint density at radius 2 is 2.21 bits per heavy atom. The maximum atomic E-state index is 6.02. The van der Waals surface area contributed by atoms with Crippen LogP contribution >= 0.6 is 23.4 Å².